The largest absolute Gasteiger partial charge is 0.311 e. The highest BCUT2D eigenvalue weighted by atomic mass is 15.1. The highest BCUT2D eigenvalue weighted by Crippen LogP contribution is 2.41. The van der Waals surface area contributed by atoms with Gasteiger partial charge in [0.15, 0.2) is 0 Å². The Morgan fingerprint density at radius 2 is 0.357 bits per heavy atom. The van der Waals surface area contributed by atoms with E-state index in [9.17, 15) is 0 Å². The molecule has 0 aliphatic carbocycles. The standard InChI is InChI=1S/C80H56N4/c1-5-17-57(18-6-1)67-21-15-23-69(55-67)63-43-51-75(52-44-63)83(71-25-9-3-10-26-71)73-47-39-61(40-48-73)59-31-35-65(36-32-59)79-80(82-78-30-14-13-29-77(78)81-79)66-37-33-60(34-38-66)62-41-49-74(50-42-62)84(72-27-11-4-12-28-72)76-53-45-64(46-54-76)70-24-16-22-68(56-70)58-19-7-2-8-20-58/h1-56H. The molecule has 0 unspecified atom stereocenters. The quantitative estimate of drug-likeness (QED) is 0.109. The second-order valence-corrected chi connectivity index (χ2v) is 21.0. The van der Waals surface area contributed by atoms with Crippen molar-refractivity contribution in [2.24, 2.45) is 0 Å². The number of aromatic nitrogens is 2. The highest BCUT2D eigenvalue weighted by molar-refractivity contribution is 5.89. The van der Waals surface area contributed by atoms with Gasteiger partial charge in [0.25, 0.3) is 0 Å². The zero-order valence-electron chi connectivity index (χ0n) is 46.1. The molecule has 0 saturated carbocycles. The van der Waals surface area contributed by atoms with E-state index in [2.05, 4.69) is 325 Å². The number of rotatable bonds is 14. The highest BCUT2D eigenvalue weighted by Gasteiger charge is 2.18. The first-order valence-corrected chi connectivity index (χ1v) is 28.5. The molecule has 14 rings (SSSR count). The topological polar surface area (TPSA) is 32.3 Å². The van der Waals surface area contributed by atoms with Gasteiger partial charge < -0.3 is 9.80 Å². The predicted octanol–water partition coefficient (Wildman–Crippen LogP) is 21.9. The Labute approximate surface area is 491 Å². The summed E-state index contributed by atoms with van der Waals surface area (Å²) in [6, 6.07) is 121. The lowest BCUT2D eigenvalue weighted by Gasteiger charge is -2.26. The minimum atomic E-state index is 0.843. The molecule has 396 valence electrons. The maximum atomic E-state index is 5.27. The number of para-hydroxylation sites is 4. The van der Waals surface area contributed by atoms with Crippen LogP contribution in [0, 0.1) is 0 Å². The summed E-state index contributed by atoms with van der Waals surface area (Å²) in [6.45, 7) is 0. The molecule has 4 nitrogen and oxygen atoms in total. The van der Waals surface area contributed by atoms with Gasteiger partial charge in [-0.1, -0.05) is 243 Å². The van der Waals surface area contributed by atoms with Crippen molar-refractivity contribution in [1.29, 1.82) is 0 Å². The summed E-state index contributed by atoms with van der Waals surface area (Å²) in [6.07, 6.45) is 0. The molecule has 0 amide bonds. The third kappa shape index (κ3) is 10.7. The maximum Gasteiger partial charge on any atom is 0.0973 e. The molecule has 4 heteroatoms. The van der Waals surface area contributed by atoms with Gasteiger partial charge in [0.2, 0.25) is 0 Å². The van der Waals surface area contributed by atoms with Gasteiger partial charge in [0, 0.05) is 45.3 Å². The van der Waals surface area contributed by atoms with E-state index in [1.54, 1.807) is 0 Å². The molecule has 13 aromatic carbocycles. The molecule has 1 heterocycles. The molecule has 0 bridgehead atoms. The van der Waals surface area contributed by atoms with E-state index in [1.807, 2.05) is 24.3 Å². The first kappa shape index (κ1) is 51.0. The average Bonchev–Trinajstić information content (AvgIpc) is 3.77. The van der Waals surface area contributed by atoms with E-state index in [1.165, 1.54) is 44.5 Å². The predicted molar refractivity (Wildman–Crippen MR) is 352 cm³/mol. The first-order valence-electron chi connectivity index (χ1n) is 28.5. The monoisotopic (exact) mass is 1070 g/mol. The fourth-order valence-electron chi connectivity index (χ4n) is 11.3. The Morgan fingerprint density at radius 1 is 0.155 bits per heavy atom. The van der Waals surface area contributed by atoms with E-state index in [-0.39, 0.29) is 0 Å². The smallest absolute Gasteiger partial charge is 0.0973 e. The summed E-state index contributed by atoms with van der Waals surface area (Å²) >= 11 is 0. The number of fused-ring (bicyclic) bond motifs is 1. The zero-order chi connectivity index (χ0) is 56.0. The molecule has 0 saturated heterocycles. The average molecular weight is 1070 g/mol. The minimum Gasteiger partial charge on any atom is -0.311 e. The van der Waals surface area contributed by atoms with Gasteiger partial charge in [0.05, 0.1) is 22.4 Å². The number of hydrogen-bond donors (Lipinski definition) is 0. The zero-order valence-corrected chi connectivity index (χ0v) is 46.1. The van der Waals surface area contributed by atoms with Crippen molar-refractivity contribution in [3.05, 3.63) is 340 Å². The summed E-state index contributed by atoms with van der Waals surface area (Å²) < 4.78 is 0. The Balaban J connectivity index is 0.708. The summed E-state index contributed by atoms with van der Waals surface area (Å²) in [5, 5.41) is 0. The second-order valence-electron chi connectivity index (χ2n) is 21.0. The third-order valence-corrected chi connectivity index (χ3v) is 15.7. The fourth-order valence-corrected chi connectivity index (χ4v) is 11.3. The van der Waals surface area contributed by atoms with Gasteiger partial charge in [-0.3, -0.25) is 0 Å². The molecular formula is C80H56N4. The summed E-state index contributed by atoms with van der Waals surface area (Å²) in [4.78, 5) is 15.2. The molecule has 0 aliphatic rings. The maximum absolute atomic E-state index is 5.27. The molecule has 0 atom stereocenters. The molecule has 0 spiro atoms. The molecule has 0 N–H and O–H groups in total. The van der Waals surface area contributed by atoms with Gasteiger partial charge in [0.1, 0.15) is 0 Å². The molecule has 1 aromatic heterocycles. The van der Waals surface area contributed by atoms with Crippen LogP contribution in [0.1, 0.15) is 0 Å². The normalized spacial score (nSPS) is 11.1. The van der Waals surface area contributed by atoms with Crippen LogP contribution in [-0.4, -0.2) is 9.97 Å². The number of nitrogens with zero attached hydrogens (tertiary/aromatic N) is 4. The van der Waals surface area contributed by atoms with E-state index in [4.69, 9.17) is 9.97 Å². The van der Waals surface area contributed by atoms with Crippen LogP contribution >= 0.6 is 0 Å². The summed E-state index contributed by atoms with van der Waals surface area (Å²) in [7, 11) is 0. The van der Waals surface area contributed by atoms with Crippen molar-refractivity contribution in [2.75, 3.05) is 9.80 Å². The van der Waals surface area contributed by atoms with Crippen LogP contribution in [0.25, 0.3) is 100 Å². The number of hydrogen-bond acceptors (Lipinski definition) is 4. The minimum absolute atomic E-state index is 0.843. The number of benzene rings is 13. The van der Waals surface area contributed by atoms with E-state index >= 15 is 0 Å². The second kappa shape index (κ2) is 23.1. The Morgan fingerprint density at radius 3 is 0.655 bits per heavy atom. The molecule has 0 aliphatic heterocycles. The first-order chi connectivity index (χ1) is 41.6. The Kier molecular flexibility index (Phi) is 14.0. The van der Waals surface area contributed by atoms with Crippen LogP contribution in [0.2, 0.25) is 0 Å². The van der Waals surface area contributed by atoms with Crippen LogP contribution in [0.5, 0.6) is 0 Å². The number of anilines is 6. The van der Waals surface area contributed by atoms with Gasteiger partial charge in [-0.15, -0.1) is 0 Å². The summed E-state index contributed by atoms with van der Waals surface area (Å²) in [5.41, 5.74) is 26.0. The SMILES string of the molecule is c1ccc(-c2cccc(-c3ccc(N(c4ccccc4)c4ccc(-c5ccc(-c6nc7ccccc7nc6-c6ccc(-c7ccc(N(c8ccccc8)c8ccc(-c9cccc(-c%10ccccc%10)c9)cc8)cc7)cc6)cc5)cc4)cc3)c2)cc1. The van der Waals surface area contributed by atoms with Crippen molar-refractivity contribution in [3.8, 4) is 89.3 Å². The lowest BCUT2D eigenvalue weighted by Crippen LogP contribution is -2.09. The van der Waals surface area contributed by atoms with Crippen LogP contribution in [0.15, 0.2) is 340 Å². The van der Waals surface area contributed by atoms with Crippen molar-refractivity contribution < 1.29 is 0 Å². The van der Waals surface area contributed by atoms with Gasteiger partial charge in [-0.25, -0.2) is 9.97 Å². The van der Waals surface area contributed by atoms with Gasteiger partial charge in [-0.2, -0.15) is 0 Å². The Hall–Kier alpha value is -11.2. The molecule has 0 radical (unpaired) electrons. The van der Waals surface area contributed by atoms with Crippen LogP contribution in [-0.2, 0) is 0 Å². The lowest BCUT2D eigenvalue weighted by molar-refractivity contribution is 1.28. The molecule has 84 heavy (non-hydrogen) atoms. The van der Waals surface area contributed by atoms with Gasteiger partial charge in [-0.05, 0) is 164 Å². The van der Waals surface area contributed by atoms with Crippen molar-refractivity contribution in [2.45, 2.75) is 0 Å². The van der Waals surface area contributed by atoms with Crippen molar-refractivity contribution in [3.63, 3.8) is 0 Å². The Bertz CT molecular complexity index is 4220. The van der Waals surface area contributed by atoms with Crippen molar-refractivity contribution in [1.82, 2.24) is 9.97 Å². The van der Waals surface area contributed by atoms with E-state index < -0.39 is 0 Å². The molecular weight excluding hydrogens is 1020 g/mol. The molecule has 0 fully saturated rings. The fraction of sp³-hybridized carbons (Fsp3) is 0. The van der Waals surface area contributed by atoms with E-state index in [0.717, 1.165) is 89.9 Å². The van der Waals surface area contributed by atoms with E-state index in [0.29, 0.717) is 0 Å². The molecule has 14 aromatic rings. The van der Waals surface area contributed by atoms with Crippen LogP contribution in [0.3, 0.4) is 0 Å². The van der Waals surface area contributed by atoms with Gasteiger partial charge >= 0.3 is 0 Å². The summed E-state index contributed by atoms with van der Waals surface area (Å²) in [5.74, 6) is 0. The third-order valence-electron chi connectivity index (χ3n) is 15.7. The van der Waals surface area contributed by atoms with Crippen LogP contribution < -0.4 is 9.80 Å². The van der Waals surface area contributed by atoms with Crippen LogP contribution in [0.4, 0.5) is 34.1 Å². The lowest BCUT2D eigenvalue weighted by atomic mass is 9.98. The van der Waals surface area contributed by atoms with Crippen molar-refractivity contribution >= 4 is 45.2 Å².